The molecule has 4 rings (SSSR count). The number of nitrogens with one attached hydrogen (secondary N) is 1. The number of hydrogen-bond donors (Lipinski definition) is 2. The normalized spacial score (nSPS) is 30.5. The lowest BCUT2D eigenvalue weighted by molar-refractivity contribution is -0.208. The summed E-state index contributed by atoms with van der Waals surface area (Å²) in [5.41, 5.74) is 6.96. The van der Waals surface area contributed by atoms with Crippen LogP contribution in [0.15, 0.2) is 12.7 Å². The highest BCUT2D eigenvalue weighted by Crippen LogP contribution is 2.38. The number of nitrogens with zero attached hydrogens (tertiary/aromatic N) is 4. The van der Waals surface area contributed by atoms with Crippen LogP contribution in [0.25, 0.3) is 11.2 Å². The van der Waals surface area contributed by atoms with Crippen molar-refractivity contribution in [3.8, 4) is 0 Å². The van der Waals surface area contributed by atoms with Gasteiger partial charge >= 0.3 is 0 Å². The summed E-state index contributed by atoms with van der Waals surface area (Å²) in [6, 6.07) is -0.346. The minimum atomic E-state index is -0.750. The molecule has 2 aliphatic rings. The zero-order valence-electron chi connectivity index (χ0n) is 14.2. The predicted octanol–water partition coefficient (Wildman–Crippen LogP) is -0.210. The molecule has 2 aliphatic heterocycles. The Hall–Kier alpha value is -2.30. The second-order valence-electron chi connectivity index (χ2n) is 6.70. The highest BCUT2D eigenvalue weighted by Gasteiger charge is 2.55. The van der Waals surface area contributed by atoms with Crippen molar-refractivity contribution in [3.63, 3.8) is 0 Å². The predicted molar refractivity (Wildman–Crippen MR) is 86.0 cm³/mol. The van der Waals surface area contributed by atoms with Crippen molar-refractivity contribution in [3.05, 3.63) is 12.7 Å². The Balaban J connectivity index is 1.60. The molecule has 0 saturated carbocycles. The Morgan fingerprint density at radius 1 is 1.36 bits per heavy atom. The van der Waals surface area contributed by atoms with Gasteiger partial charge in [-0.2, -0.15) is 0 Å². The molecule has 0 unspecified atom stereocenters. The first kappa shape index (κ1) is 16.2. The van der Waals surface area contributed by atoms with E-state index < -0.39 is 12.1 Å². The molecule has 0 aromatic carbocycles. The number of amides is 1. The van der Waals surface area contributed by atoms with Gasteiger partial charge in [-0.05, 0) is 13.8 Å². The molecule has 0 bridgehead atoms. The smallest absolute Gasteiger partial charge is 0.217 e. The first-order valence-electron chi connectivity index (χ1n) is 8.03. The van der Waals surface area contributed by atoms with Gasteiger partial charge in [-0.3, -0.25) is 4.79 Å². The van der Waals surface area contributed by atoms with Crippen LogP contribution < -0.4 is 11.1 Å². The number of aromatic nitrogens is 4. The quantitative estimate of drug-likeness (QED) is 0.780. The van der Waals surface area contributed by atoms with Crippen molar-refractivity contribution in [1.82, 2.24) is 24.8 Å². The lowest BCUT2D eigenvalue weighted by Crippen LogP contribution is -2.48. The van der Waals surface area contributed by atoms with E-state index in [0.29, 0.717) is 23.5 Å². The van der Waals surface area contributed by atoms with Gasteiger partial charge in [0.05, 0.1) is 18.9 Å². The van der Waals surface area contributed by atoms with Gasteiger partial charge in [0.25, 0.3) is 0 Å². The summed E-state index contributed by atoms with van der Waals surface area (Å²) in [6.07, 6.45) is 1.75. The van der Waals surface area contributed by atoms with E-state index in [-0.39, 0.29) is 24.2 Å². The number of ether oxygens (including phenoxy) is 3. The van der Waals surface area contributed by atoms with Gasteiger partial charge in [0.2, 0.25) is 5.91 Å². The van der Waals surface area contributed by atoms with Crippen LogP contribution in [0.3, 0.4) is 0 Å². The van der Waals surface area contributed by atoms with Gasteiger partial charge in [-0.1, -0.05) is 0 Å². The molecule has 0 spiro atoms. The van der Waals surface area contributed by atoms with Gasteiger partial charge in [0.15, 0.2) is 23.5 Å². The molecule has 134 valence electrons. The Labute approximate surface area is 143 Å². The van der Waals surface area contributed by atoms with E-state index in [1.54, 1.807) is 6.33 Å². The van der Waals surface area contributed by atoms with Gasteiger partial charge < -0.3 is 29.8 Å². The van der Waals surface area contributed by atoms with E-state index in [1.165, 1.54) is 13.3 Å². The highest BCUT2D eigenvalue weighted by molar-refractivity contribution is 5.81. The van der Waals surface area contributed by atoms with E-state index in [9.17, 15) is 4.79 Å². The molecule has 25 heavy (non-hydrogen) atoms. The topological polar surface area (TPSA) is 126 Å². The standard InChI is InChI=1S/C15H20N6O4/c1-7(22)20-9-8(23-14-11(9)24-15(2,3)25-14)4-21-6-19-10-12(16)17-5-18-13(10)21/h5-6,8-9,11,14H,4H2,1-3H3,(H,20,22)(H2,16,17,18)/t8-,9-,11-,14-/m1/s1. The third-order valence-electron chi connectivity index (χ3n) is 4.33. The fourth-order valence-corrected chi connectivity index (χ4v) is 3.37. The molecule has 4 heterocycles. The van der Waals surface area contributed by atoms with Crippen LogP contribution in [0.4, 0.5) is 5.82 Å². The molecule has 4 atom stereocenters. The summed E-state index contributed by atoms with van der Waals surface area (Å²) in [5, 5.41) is 2.91. The van der Waals surface area contributed by atoms with Crippen molar-refractivity contribution in [2.45, 2.75) is 57.6 Å². The average molecular weight is 348 g/mol. The number of carbonyl (C=O) groups is 1. The van der Waals surface area contributed by atoms with Crippen LogP contribution >= 0.6 is 0 Å². The van der Waals surface area contributed by atoms with Crippen molar-refractivity contribution in [2.75, 3.05) is 5.73 Å². The zero-order valence-corrected chi connectivity index (χ0v) is 14.2. The van der Waals surface area contributed by atoms with Crippen LogP contribution in [0.5, 0.6) is 0 Å². The minimum Gasteiger partial charge on any atom is -0.382 e. The second kappa shape index (κ2) is 5.61. The van der Waals surface area contributed by atoms with Crippen LogP contribution in [-0.2, 0) is 25.5 Å². The van der Waals surface area contributed by atoms with Gasteiger partial charge in [-0.25, -0.2) is 15.0 Å². The molecular formula is C15H20N6O4. The lowest BCUT2D eigenvalue weighted by Gasteiger charge is -2.26. The summed E-state index contributed by atoms with van der Waals surface area (Å²) >= 11 is 0. The van der Waals surface area contributed by atoms with Gasteiger partial charge in [0.1, 0.15) is 24.1 Å². The number of carbonyl (C=O) groups excluding carboxylic acids is 1. The van der Waals surface area contributed by atoms with E-state index in [4.69, 9.17) is 19.9 Å². The Kier molecular flexibility index (Phi) is 3.63. The van der Waals surface area contributed by atoms with E-state index in [1.807, 2.05) is 18.4 Å². The Morgan fingerprint density at radius 3 is 2.92 bits per heavy atom. The van der Waals surface area contributed by atoms with E-state index >= 15 is 0 Å². The molecule has 0 aliphatic carbocycles. The minimum absolute atomic E-state index is 0.158. The average Bonchev–Trinajstić information content (AvgIpc) is 3.13. The second-order valence-corrected chi connectivity index (χ2v) is 6.70. The van der Waals surface area contributed by atoms with Crippen LogP contribution in [0.1, 0.15) is 20.8 Å². The largest absolute Gasteiger partial charge is 0.382 e. The molecule has 2 fully saturated rings. The molecule has 10 nitrogen and oxygen atoms in total. The molecular weight excluding hydrogens is 328 g/mol. The number of anilines is 1. The molecule has 1 amide bonds. The van der Waals surface area contributed by atoms with Crippen molar-refractivity contribution < 1.29 is 19.0 Å². The fourth-order valence-electron chi connectivity index (χ4n) is 3.37. The lowest BCUT2D eigenvalue weighted by atomic mass is 10.1. The Bertz CT molecular complexity index is 821. The van der Waals surface area contributed by atoms with E-state index in [0.717, 1.165) is 0 Å². The van der Waals surface area contributed by atoms with Crippen LogP contribution in [0.2, 0.25) is 0 Å². The number of nitrogens with two attached hydrogens (primary N) is 1. The molecule has 2 aromatic heterocycles. The summed E-state index contributed by atoms with van der Waals surface area (Å²) in [4.78, 5) is 24.0. The van der Waals surface area contributed by atoms with E-state index in [2.05, 4.69) is 20.3 Å². The summed E-state index contributed by atoms with van der Waals surface area (Å²) in [7, 11) is 0. The monoisotopic (exact) mass is 348 g/mol. The molecule has 0 radical (unpaired) electrons. The summed E-state index contributed by atoms with van der Waals surface area (Å²) in [5.74, 6) is -0.588. The number of hydrogen-bond acceptors (Lipinski definition) is 8. The molecule has 3 N–H and O–H groups in total. The maximum absolute atomic E-state index is 11.6. The zero-order chi connectivity index (χ0) is 17.8. The van der Waals surface area contributed by atoms with Gasteiger partial charge in [0, 0.05) is 6.92 Å². The van der Waals surface area contributed by atoms with Crippen LogP contribution in [-0.4, -0.2) is 55.8 Å². The maximum Gasteiger partial charge on any atom is 0.217 e. The first-order valence-corrected chi connectivity index (χ1v) is 8.03. The van der Waals surface area contributed by atoms with Crippen LogP contribution in [0, 0.1) is 0 Å². The first-order chi connectivity index (χ1) is 11.8. The Morgan fingerprint density at radius 2 is 2.16 bits per heavy atom. The number of rotatable bonds is 3. The molecule has 2 aromatic rings. The summed E-state index contributed by atoms with van der Waals surface area (Å²) < 4.78 is 19.5. The number of nitrogen functional groups attached to an aromatic ring is 1. The number of fused-ring (bicyclic) bond motifs is 2. The third-order valence-corrected chi connectivity index (χ3v) is 4.33. The van der Waals surface area contributed by atoms with Crippen molar-refractivity contribution in [2.24, 2.45) is 0 Å². The highest BCUT2D eigenvalue weighted by atomic mass is 16.8. The van der Waals surface area contributed by atoms with Crippen molar-refractivity contribution in [1.29, 1.82) is 0 Å². The SMILES string of the molecule is CC(=O)N[C@H]1[C@H]2OC(C)(C)O[C@H]2O[C@@H]1Cn1cnc2c(N)ncnc21. The maximum atomic E-state index is 11.6. The number of imidazole rings is 1. The molecule has 2 saturated heterocycles. The third kappa shape index (κ3) is 2.81. The van der Waals surface area contributed by atoms with Gasteiger partial charge in [-0.15, -0.1) is 0 Å². The summed E-state index contributed by atoms with van der Waals surface area (Å²) in [6.45, 7) is 5.51. The molecule has 10 heteroatoms. The van der Waals surface area contributed by atoms with Crippen molar-refractivity contribution >= 4 is 22.9 Å². The fraction of sp³-hybridized carbons (Fsp3) is 0.600.